The molecule has 2 aromatic rings. The second-order valence-corrected chi connectivity index (χ2v) is 12.6. The highest BCUT2D eigenvalue weighted by Crippen LogP contribution is 2.28. The van der Waals surface area contributed by atoms with Crippen LogP contribution in [0.4, 0.5) is 10.5 Å². The minimum absolute atomic E-state index is 0.0282. The van der Waals surface area contributed by atoms with Crippen molar-refractivity contribution in [1.82, 2.24) is 10.2 Å². The number of carbonyl (C=O) groups excluding carboxylic acids is 4. The molecule has 0 aliphatic heterocycles. The second kappa shape index (κ2) is 17.4. The summed E-state index contributed by atoms with van der Waals surface area (Å²) in [6.45, 7) is 13.4. The van der Waals surface area contributed by atoms with Crippen LogP contribution in [0.5, 0.6) is 0 Å². The van der Waals surface area contributed by atoms with Gasteiger partial charge < -0.3 is 26.0 Å². The number of hydrogen-bond acceptors (Lipinski definition) is 5. The van der Waals surface area contributed by atoms with Crippen LogP contribution in [0.25, 0.3) is 0 Å². The van der Waals surface area contributed by atoms with E-state index in [9.17, 15) is 19.2 Å². The summed E-state index contributed by atoms with van der Waals surface area (Å²) < 4.78 is 5.44. The summed E-state index contributed by atoms with van der Waals surface area (Å²) in [6.07, 6.45) is 4.99. The number of primary amides is 1. The Hall–Kier alpha value is -3.88. The molecule has 9 heteroatoms. The lowest BCUT2D eigenvalue weighted by atomic mass is 9.99. The third kappa shape index (κ3) is 12.0. The van der Waals surface area contributed by atoms with Gasteiger partial charge in [0.15, 0.2) is 0 Å². The average Bonchev–Trinajstić information content (AvgIpc) is 2.93. The number of anilines is 1. The van der Waals surface area contributed by atoms with Crippen LogP contribution in [0.15, 0.2) is 42.5 Å². The van der Waals surface area contributed by atoms with Crippen molar-refractivity contribution in [1.29, 1.82) is 0 Å². The van der Waals surface area contributed by atoms with Gasteiger partial charge in [-0.1, -0.05) is 87.1 Å². The SMILES string of the molecule is CCCCCCCCN(C(=O)C(CCC(N)=O)NC(=O)OC(C)(C)C)C(C(=O)Nc1c(C)cccc1C)c1ccc(C)cc1. The molecule has 0 saturated heterocycles. The molecule has 0 bridgehead atoms. The molecule has 242 valence electrons. The van der Waals surface area contributed by atoms with E-state index >= 15 is 0 Å². The first-order valence-electron chi connectivity index (χ1n) is 15.8. The summed E-state index contributed by atoms with van der Waals surface area (Å²) in [4.78, 5) is 54.8. The summed E-state index contributed by atoms with van der Waals surface area (Å²) in [5, 5.41) is 5.75. The van der Waals surface area contributed by atoms with Crippen LogP contribution in [0.2, 0.25) is 0 Å². The van der Waals surface area contributed by atoms with Gasteiger partial charge in [0, 0.05) is 18.7 Å². The fourth-order valence-corrected chi connectivity index (χ4v) is 5.05. The Bertz CT molecular complexity index is 1230. The molecule has 0 spiro atoms. The number of aryl methyl sites for hydroxylation is 3. The van der Waals surface area contributed by atoms with Crippen molar-refractivity contribution in [2.75, 3.05) is 11.9 Å². The molecular formula is C35H52N4O5. The van der Waals surface area contributed by atoms with Gasteiger partial charge in [-0.25, -0.2) is 4.79 Å². The third-order valence-corrected chi connectivity index (χ3v) is 7.39. The van der Waals surface area contributed by atoms with Crippen molar-refractivity contribution >= 4 is 29.5 Å². The first-order valence-corrected chi connectivity index (χ1v) is 15.8. The molecule has 2 unspecified atom stereocenters. The first kappa shape index (κ1) is 36.3. The van der Waals surface area contributed by atoms with Crippen molar-refractivity contribution < 1.29 is 23.9 Å². The molecule has 0 aromatic heterocycles. The van der Waals surface area contributed by atoms with Gasteiger partial charge in [0.1, 0.15) is 17.7 Å². The second-order valence-electron chi connectivity index (χ2n) is 12.6. The zero-order chi connectivity index (χ0) is 32.9. The van der Waals surface area contributed by atoms with Crippen molar-refractivity contribution in [2.24, 2.45) is 5.73 Å². The van der Waals surface area contributed by atoms with Gasteiger partial charge in [-0.15, -0.1) is 0 Å². The highest BCUT2D eigenvalue weighted by molar-refractivity contribution is 6.00. The molecule has 2 atom stereocenters. The van der Waals surface area contributed by atoms with Gasteiger partial charge in [-0.2, -0.15) is 0 Å². The molecule has 4 amide bonds. The number of alkyl carbamates (subject to hydrolysis) is 1. The largest absolute Gasteiger partial charge is 0.444 e. The normalized spacial score (nSPS) is 12.6. The molecule has 9 nitrogen and oxygen atoms in total. The Kier molecular flexibility index (Phi) is 14.4. The van der Waals surface area contributed by atoms with E-state index in [2.05, 4.69) is 17.6 Å². The Morgan fingerprint density at radius 1 is 0.886 bits per heavy atom. The number of nitrogens with two attached hydrogens (primary N) is 1. The summed E-state index contributed by atoms with van der Waals surface area (Å²) >= 11 is 0. The molecule has 0 radical (unpaired) electrons. The van der Waals surface area contributed by atoms with Gasteiger partial charge >= 0.3 is 6.09 Å². The molecule has 2 aromatic carbocycles. The van der Waals surface area contributed by atoms with Crippen molar-refractivity contribution in [2.45, 2.75) is 118 Å². The van der Waals surface area contributed by atoms with Crippen molar-refractivity contribution in [3.63, 3.8) is 0 Å². The van der Waals surface area contributed by atoms with E-state index in [0.717, 1.165) is 48.8 Å². The summed E-state index contributed by atoms with van der Waals surface area (Å²) in [5.74, 6) is -1.44. The molecule has 0 saturated carbocycles. The molecule has 0 heterocycles. The third-order valence-electron chi connectivity index (χ3n) is 7.39. The number of carbonyl (C=O) groups is 4. The maximum Gasteiger partial charge on any atom is 0.408 e. The van der Waals surface area contributed by atoms with Gasteiger partial charge in [-0.05, 0) is 71.1 Å². The average molecular weight is 609 g/mol. The standard InChI is InChI=1S/C35H52N4O5/c1-8-9-10-11-12-13-23-39(33(42)28(21-22-29(36)40)37-34(43)44-35(5,6)7)31(27-19-17-24(2)18-20-27)32(41)38-30-25(3)15-14-16-26(30)4/h14-20,28,31H,8-13,21-23H2,1-7H3,(H2,36,40)(H,37,43)(H,38,41). The smallest absolute Gasteiger partial charge is 0.408 e. The summed E-state index contributed by atoms with van der Waals surface area (Å²) in [5.41, 5.74) is 8.81. The lowest BCUT2D eigenvalue weighted by Gasteiger charge is -2.35. The van der Waals surface area contributed by atoms with Crippen LogP contribution < -0.4 is 16.4 Å². The molecule has 0 aliphatic rings. The highest BCUT2D eigenvalue weighted by atomic mass is 16.6. The van der Waals surface area contributed by atoms with E-state index in [1.54, 1.807) is 20.8 Å². The fourth-order valence-electron chi connectivity index (χ4n) is 5.05. The van der Waals surface area contributed by atoms with Crippen LogP contribution in [0.1, 0.15) is 107 Å². The summed E-state index contributed by atoms with van der Waals surface area (Å²) in [6, 6.07) is 11.2. The van der Waals surface area contributed by atoms with Crippen molar-refractivity contribution in [3.8, 4) is 0 Å². The monoisotopic (exact) mass is 608 g/mol. The lowest BCUT2D eigenvalue weighted by Crippen LogP contribution is -2.53. The zero-order valence-corrected chi connectivity index (χ0v) is 27.6. The lowest BCUT2D eigenvalue weighted by molar-refractivity contribution is -0.141. The van der Waals surface area contributed by atoms with Gasteiger partial charge in [-0.3, -0.25) is 14.4 Å². The van der Waals surface area contributed by atoms with E-state index in [-0.39, 0.29) is 25.3 Å². The summed E-state index contributed by atoms with van der Waals surface area (Å²) in [7, 11) is 0. The fraction of sp³-hybridized carbons (Fsp3) is 0.543. The number of nitrogens with one attached hydrogen (secondary N) is 2. The molecule has 44 heavy (non-hydrogen) atoms. The van der Waals surface area contributed by atoms with Gasteiger partial charge in [0.05, 0.1) is 0 Å². The van der Waals surface area contributed by atoms with E-state index in [1.165, 1.54) is 4.90 Å². The van der Waals surface area contributed by atoms with Crippen LogP contribution in [-0.2, 0) is 19.1 Å². The van der Waals surface area contributed by atoms with Crippen LogP contribution in [-0.4, -0.2) is 46.9 Å². The van der Waals surface area contributed by atoms with E-state index < -0.39 is 35.6 Å². The Labute approximate surface area is 263 Å². The topological polar surface area (TPSA) is 131 Å². The zero-order valence-electron chi connectivity index (χ0n) is 27.6. The van der Waals surface area contributed by atoms with Gasteiger partial charge in [0.25, 0.3) is 5.91 Å². The van der Waals surface area contributed by atoms with Crippen LogP contribution in [0, 0.1) is 20.8 Å². The quantitative estimate of drug-likeness (QED) is 0.184. The maximum atomic E-state index is 14.4. The van der Waals surface area contributed by atoms with E-state index in [1.807, 2.05) is 63.2 Å². The number of amides is 4. The minimum atomic E-state index is -1.13. The minimum Gasteiger partial charge on any atom is -0.444 e. The van der Waals surface area contributed by atoms with E-state index in [4.69, 9.17) is 10.5 Å². The van der Waals surface area contributed by atoms with E-state index in [0.29, 0.717) is 17.7 Å². The van der Waals surface area contributed by atoms with Crippen LogP contribution >= 0.6 is 0 Å². The predicted molar refractivity (Wildman–Crippen MR) is 175 cm³/mol. The molecule has 4 N–H and O–H groups in total. The number of rotatable bonds is 16. The Morgan fingerprint density at radius 2 is 1.48 bits per heavy atom. The number of ether oxygens (including phenoxy) is 1. The maximum absolute atomic E-state index is 14.4. The molecular weight excluding hydrogens is 556 g/mol. The number of nitrogens with zero attached hydrogens (tertiary/aromatic N) is 1. The number of para-hydroxylation sites is 1. The number of benzene rings is 2. The molecule has 2 rings (SSSR count). The highest BCUT2D eigenvalue weighted by Gasteiger charge is 2.36. The number of unbranched alkanes of at least 4 members (excludes halogenated alkanes) is 5. The Morgan fingerprint density at radius 3 is 2.05 bits per heavy atom. The molecule has 0 aliphatic carbocycles. The van der Waals surface area contributed by atoms with Crippen molar-refractivity contribution in [3.05, 3.63) is 64.7 Å². The first-order chi connectivity index (χ1) is 20.7. The number of hydrogen-bond donors (Lipinski definition) is 3. The van der Waals surface area contributed by atoms with Gasteiger partial charge in [0.2, 0.25) is 11.8 Å². The van der Waals surface area contributed by atoms with Crippen LogP contribution in [0.3, 0.4) is 0 Å². The predicted octanol–water partition coefficient (Wildman–Crippen LogP) is 6.64. The molecule has 0 fully saturated rings. The Balaban J connectivity index is 2.56.